The van der Waals surface area contributed by atoms with E-state index in [-0.39, 0.29) is 5.91 Å². The number of nitrogens with zero attached hydrogens (tertiary/aromatic N) is 2. The minimum atomic E-state index is -0.256. The SMILES string of the molecule is Cc1cc(C)cc(Nc2nccc(C(=O)Nc3c(C)cccc3C)n2)c1. The van der Waals surface area contributed by atoms with Gasteiger partial charge in [-0.15, -0.1) is 0 Å². The normalized spacial score (nSPS) is 10.5. The summed E-state index contributed by atoms with van der Waals surface area (Å²) >= 11 is 0. The van der Waals surface area contributed by atoms with E-state index < -0.39 is 0 Å². The standard InChI is InChI=1S/C21H22N4O/c1-13-10-14(2)12-17(11-13)23-21-22-9-8-18(24-21)20(26)25-19-15(3)6-5-7-16(19)4/h5-12H,1-4H3,(H,25,26)(H,22,23,24). The van der Waals surface area contributed by atoms with Gasteiger partial charge in [-0.25, -0.2) is 9.97 Å². The zero-order chi connectivity index (χ0) is 18.7. The molecular weight excluding hydrogens is 324 g/mol. The van der Waals surface area contributed by atoms with Crippen molar-refractivity contribution in [2.24, 2.45) is 0 Å². The molecule has 0 saturated carbocycles. The van der Waals surface area contributed by atoms with Crippen molar-refractivity contribution in [3.05, 3.63) is 76.6 Å². The number of carbonyl (C=O) groups is 1. The first-order valence-corrected chi connectivity index (χ1v) is 8.48. The van der Waals surface area contributed by atoms with Gasteiger partial charge in [-0.05, 0) is 68.1 Å². The molecular formula is C21H22N4O. The maximum Gasteiger partial charge on any atom is 0.274 e. The van der Waals surface area contributed by atoms with Gasteiger partial charge in [-0.2, -0.15) is 0 Å². The van der Waals surface area contributed by atoms with Crippen molar-refractivity contribution < 1.29 is 4.79 Å². The number of hydrogen-bond donors (Lipinski definition) is 2. The number of anilines is 3. The lowest BCUT2D eigenvalue weighted by Crippen LogP contribution is -2.16. The van der Waals surface area contributed by atoms with Crippen LogP contribution in [0, 0.1) is 27.7 Å². The molecule has 5 nitrogen and oxygen atoms in total. The number of aryl methyl sites for hydroxylation is 4. The molecule has 0 aliphatic heterocycles. The molecule has 1 heterocycles. The van der Waals surface area contributed by atoms with Gasteiger partial charge in [0.1, 0.15) is 5.69 Å². The summed E-state index contributed by atoms with van der Waals surface area (Å²) in [4.78, 5) is 21.2. The third-order valence-electron chi connectivity index (χ3n) is 4.09. The van der Waals surface area contributed by atoms with Gasteiger partial charge < -0.3 is 10.6 Å². The van der Waals surface area contributed by atoms with Crippen molar-refractivity contribution in [1.29, 1.82) is 0 Å². The summed E-state index contributed by atoms with van der Waals surface area (Å²) in [6.45, 7) is 8.01. The van der Waals surface area contributed by atoms with Crippen molar-refractivity contribution in [2.45, 2.75) is 27.7 Å². The average molecular weight is 346 g/mol. The highest BCUT2D eigenvalue weighted by Crippen LogP contribution is 2.21. The van der Waals surface area contributed by atoms with Crippen LogP contribution in [0.25, 0.3) is 0 Å². The Labute approximate surface area is 153 Å². The number of hydrogen-bond acceptors (Lipinski definition) is 4. The molecule has 1 aromatic heterocycles. The van der Waals surface area contributed by atoms with E-state index in [0.717, 1.165) is 33.6 Å². The number of para-hydroxylation sites is 1. The molecule has 0 saturated heterocycles. The van der Waals surface area contributed by atoms with Crippen LogP contribution >= 0.6 is 0 Å². The van der Waals surface area contributed by atoms with E-state index in [1.54, 1.807) is 12.3 Å². The summed E-state index contributed by atoms with van der Waals surface area (Å²) in [7, 11) is 0. The summed E-state index contributed by atoms with van der Waals surface area (Å²) in [6.07, 6.45) is 1.58. The highest BCUT2D eigenvalue weighted by Gasteiger charge is 2.12. The zero-order valence-corrected chi connectivity index (χ0v) is 15.4. The lowest BCUT2D eigenvalue weighted by molar-refractivity contribution is 0.102. The minimum Gasteiger partial charge on any atom is -0.324 e. The Bertz CT molecular complexity index is 925. The van der Waals surface area contributed by atoms with Crippen LogP contribution in [-0.2, 0) is 0 Å². The second-order valence-electron chi connectivity index (χ2n) is 6.49. The Morgan fingerprint density at radius 2 is 1.58 bits per heavy atom. The summed E-state index contributed by atoms with van der Waals surface area (Å²) in [6, 6.07) is 13.6. The van der Waals surface area contributed by atoms with Crippen LogP contribution in [-0.4, -0.2) is 15.9 Å². The molecule has 0 aliphatic rings. The summed E-state index contributed by atoms with van der Waals surface area (Å²) in [5, 5.41) is 6.11. The van der Waals surface area contributed by atoms with Crippen LogP contribution in [0.15, 0.2) is 48.7 Å². The maximum atomic E-state index is 12.6. The first kappa shape index (κ1) is 17.6. The molecule has 0 fully saturated rings. The highest BCUT2D eigenvalue weighted by molar-refractivity contribution is 6.03. The van der Waals surface area contributed by atoms with Gasteiger partial charge in [0.25, 0.3) is 5.91 Å². The van der Waals surface area contributed by atoms with Crippen LogP contribution in [0.1, 0.15) is 32.7 Å². The zero-order valence-electron chi connectivity index (χ0n) is 15.4. The third kappa shape index (κ3) is 4.06. The first-order valence-electron chi connectivity index (χ1n) is 8.48. The van der Waals surface area contributed by atoms with Crippen molar-refractivity contribution in [3.8, 4) is 0 Å². The number of benzene rings is 2. The number of amides is 1. The molecule has 3 rings (SSSR count). The van der Waals surface area contributed by atoms with E-state index >= 15 is 0 Å². The van der Waals surface area contributed by atoms with Gasteiger partial charge in [-0.3, -0.25) is 4.79 Å². The Kier molecular flexibility index (Phi) is 4.98. The topological polar surface area (TPSA) is 66.9 Å². The number of aromatic nitrogens is 2. The summed E-state index contributed by atoms with van der Waals surface area (Å²) in [5.41, 5.74) is 6.36. The quantitative estimate of drug-likeness (QED) is 0.718. The Hall–Kier alpha value is -3.21. The van der Waals surface area contributed by atoms with Crippen LogP contribution in [0.3, 0.4) is 0 Å². The van der Waals surface area contributed by atoms with Crippen molar-refractivity contribution in [2.75, 3.05) is 10.6 Å². The molecule has 132 valence electrons. The van der Waals surface area contributed by atoms with Crippen LogP contribution < -0.4 is 10.6 Å². The molecule has 0 bridgehead atoms. The fourth-order valence-corrected chi connectivity index (χ4v) is 2.91. The smallest absolute Gasteiger partial charge is 0.274 e. The Balaban J connectivity index is 1.81. The van der Waals surface area contributed by atoms with Gasteiger partial charge in [0.15, 0.2) is 0 Å². The van der Waals surface area contributed by atoms with Crippen LogP contribution in [0.5, 0.6) is 0 Å². The highest BCUT2D eigenvalue weighted by atomic mass is 16.1. The fraction of sp³-hybridized carbons (Fsp3) is 0.190. The molecule has 26 heavy (non-hydrogen) atoms. The molecule has 2 N–H and O–H groups in total. The molecule has 5 heteroatoms. The van der Waals surface area contributed by atoms with E-state index in [9.17, 15) is 4.79 Å². The largest absolute Gasteiger partial charge is 0.324 e. The first-order chi connectivity index (χ1) is 12.4. The Morgan fingerprint density at radius 1 is 0.923 bits per heavy atom. The van der Waals surface area contributed by atoms with Crippen LogP contribution in [0.2, 0.25) is 0 Å². The van der Waals surface area contributed by atoms with E-state index in [0.29, 0.717) is 11.6 Å². The lowest BCUT2D eigenvalue weighted by atomic mass is 10.1. The number of rotatable bonds is 4. The van der Waals surface area contributed by atoms with E-state index in [1.165, 1.54) is 0 Å². The van der Waals surface area contributed by atoms with Crippen LogP contribution in [0.4, 0.5) is 17.3 Å². The molecule has 0 radical (unpaired) electrons. The maximum absolute atomic E-state index is 12.6. The second-order valence-corrected chi connectivity index (χ2v) is 6.49. The van der Waals surface area contributed by atoms with E-state index in [2.05, 4.69) is 26.7 Å². The molecule has 3 aromatic rings. The number of nitrogens with one attached hydrogen (secondary N) is 2. The third-order valence-corrected chi connectivity index (χ3v) is 4.09. The average Bonchev–Trinajstić information content (AvgIpc) is 2.57. The van der Waals surface area contributed by atoms with E-state index in [1.807, 2.05) is 58.0 Å². The van der Waals surface area contributed by atoms with Crippen molar-refractivity contribution >= 4 is 23.2 Å². The van der Waals surface area contributed by atoms with Gasteiger partial charge in [0.05, 0.1) is 0 Å². The molecule has 2 aromatic carbocycles. The molecule has 0 aliphatic carbocycles. The minimum absolute atomic E-state index is 0.256. The van der Waals surface area contributed by atoms with Gasteiger partial charge in [0, 0.05) is 17.6 Å². The van der Waals surface area contributed by atoms with Gasteiger partial charge in [0.2, 0.25) is 5.95 Å². The molecule has 0 atom stereocenters. The van der Waals surface area contributed by atoms with Crippen molar-refractivity contribution in [3.63, 3.8) is 0 Å². The predicted molar refractivity (Wildman–Crippen MR) is 105 cm³/mol. The molecule has 0 unspecified atom stereocenters. The monoisotopic (exact) mass is 346 g/mol. The summed E-state index contributed by atoms with van der Waals surface area (Å²) < 4.78 is 0. The van der Waals surface area contributed by atoms with Crippen molar-refractivity contribution in [1.82, 2.24) is 9.97 Å². The molecule has 0 spiro atoms. The second kappa shape index (κ2) is 7.35. The number of carbonyl (C=O) groups excluding carboxylic acids is 1. The van der Waals surface area contributed by atoms with E-state index in [4.69, 9.17) is 0 Å². The predicted octanol–water partition coefficient (Wildman–Crippen LogP) is 4.71. The Morgan fingerprint density at radius 3 is 2.23 bits per heavy atom. The van der Waals surface area contributed by atoms with Gasteiger partial charge in [-0.1, -0.05) is 24.3 Å². The summed E-state index contributed by atoms with van der Waals surface area (Å²) in [5.74, 6) is 0.137. The molecule has 1 amide bonds. The van der Waals surface area contributed by atoms with Gasteiger partial charge >= 0.3 is 0 Å². The fourth-order valence-electron chi connectivity index (χ4n) is 2.91. The lowest BCUT2D eigenvalue weighted by Gasteiger charge is -2.12.